The van der Waals surface area contributed by atoms with Gasteiger partial charge in [-0.05, 0) is 46.5 Å². The summed E-state index contributed by atoms with van der Waals surface area (Å²) in [5.74, 6) is 0.435. The first-order valence-corrected chi connectivity index (χ1v) is 8.24. The average molecular weight is 318 g/mol. The summed E-state index contributed by atoms with van der Waals surface area (Å²) in [5.41, 5.74) is 3.03. The van der Waals surface area contributed by atoms with Gasteiger partial charge in [0.15, 0.2) is 0 Å². The fraction of sp³-hybridized carbons (Fsp3) is 0.190. The predicted octanol–water partition coefficient (Wildman–Crippen LogP) is 5.01. The zero-order valence-corrected chi connectivity index (χ0v) is 14.0. The van der Waals surface area contributed by atoms with E-state index in [0.29, 0.717) is 5.92 Å². The van der Waals surface area contributed by atoms with Crippen molar-refractivity contribution in [1.82, 2.24) is 0 Å². The maximum atomic E-state index is 12.1. The van der Waals surface area contributed by atoms with Crippen LogP contribution in [0.1, 0.15) is 25.3 Å². The van der Waals surface area contributed by atoms with Crippen LogP contribution in [-0.4, -0.2) is 12.5 Å². The fourth-order valence-electron chi connectivity index (χ4n) is 2.64. The van der Waals surface area contributed by atoms with Crippen molar-refractivity contribution in [3.63, 3.8) is 0 Å². The van der Waals surface area contributed by atoms with Crippen LogP contribution in [0.5, 0.6) is 0 Å². The molecule has 3 aromatic carbocycles. The van der Waals surface area contributed by atoms with Crippen molar-refractivity contribution in [2.45, 2.75) is 19.8 Å². The molecule has 0 unspecified atom stereocenters. The molecule has 0 radical (unpaired) electrons. The van der Waals surface area contributed by atoms with Gasteiger partial charge in [-0.1, -0.05) is 56.3 Å². The minimum atomic E-state index is -0.0551. The van der Waals surface area contributed by atoms with Crippen LogP contribution in [-0.2, 0) is 4.79 Å². The number of nitrogens with one attached hydrogen (secondary N) is 2. The molecule has 3 nitrogen and oxygen atoms in total. The summed E-state index contributed by atoms with van der Waals surface area (Å²) in [6.07, 6.45) is 0. The van der Waals surface area contributed by atoms with Gasteiger partial charge in [0, 0.05) is 11.4 Å². The first-order chi connectivity index (χ1) is 11.6. The summed E-state index contributed by atoms with van der Waals surface area (Å²) in [6.45, 7) is 4.55. The van der Waals surface area contributed by atoms with E-state index in [1.54, 1.807) is 0 Å². The lowest BCUT2D eigenvalue weighted by atomic mass is 10.0. The molecule has 0 aliphatic heterocycles. The van der Waals surface area contributed by atoms with Crippen LogP contribution in [0.15, 0.2) is 66.7 Å². The van der Waals surface area contributed by atoms with Gasteiger partial charge >= 0.3 is 0 Å². The van der Waals surface area contributed by atoms with Crippen molar-refractivity contribution in [2.75, 3.05) is 17.2 Å². The minimum absolute atomic E-state index is 0.0551. The standard InChI is InChI=1S/C21H22N2O/c1-15(2)16-7-10-19(11-8-16)23-21(24)14-22-20-12-9-17-5-3-4-6-18(17)13-20/h3-13,15,22H,14H2,1-2H3,(H,23,24). The topological polar surface area (TPSA) is 41.1 Å². The molecular weight excluding hydrogens is 296 g/mol. The quantitative estimate of drug-likeness (QED) is 0.694. The van der Waals surface area contributed by atoms with Crippen LogP contribution >= 0.6 is 0 Å². The van der Waals surface area contributed by atoms with Gasteiger partial charge in [0.05, 0.1) is 6.54 Å². The number of hydrogen-bond donors (Lipinski definition) is 2. The van der Waals surface area contributed by atoms with Gasteiger partial charge in [0.25, 0.3) is 0 Å². The van der Waals surface area contributed by atoms with Crippen molar-refractivity contribution >= 4 is 28.1 Å². The molecule has 0 atom stereocenters. The molecule has 3 aromatic rings. The van der Waals surface area contributed by atoms with E-state index in [2.05, 4.69) is 60.9 Å². The van der Waals surface area contributed by atoms with Gasteiger partial charge in [-0.15, -0.1) is 0 Å². The molecule has 24 heavy (non-hydrogen) atoms. The van der Waals surface area contributed by atoms with Crippen LogP contribution in [0.2, 0.25) is 0 Å². The van der Waals surface area contributed by atoms with Gasteiger partial charge < -0.3 is 10.6 Å². The smallest absolute Gasteiger partial charge is 0.243 e. The minimum Gasteiger partial charge on any atom is -0.376 e. The maximum Gasteiger partial charge on any atom is 0.243 e. The highest BCUT2D eigenvalue weighted by atomic mass is 16.1. The Morgan fingerprint density at radius 2 is 1.54 bits per heavy atom. The third-order valence-corrected chi connectivity index (χ3v) is 4.06. The Balaban J connectivity index is 1.58. The number of fused-ring (bicyclic) bond motifs is 1. The Bertz CT molecular complexity index is 838. The van der Waals surface area contributed by atoms with Crippen LogP contribution < -0.4 is 10.6 Å². The van der Waals surface area contributed by atoms with Crippen molar-refractivity contribution in [3.05, 3.63) is 72.3 Å². The second-order valence-corrected chi connectivity index (χ2v) is 6.24. The summed E-state index contributed by atoms with van der Waals surface area (Å²) >= 11 is 0. The number of hydrogen-bond acceptors (Lipinski definition) is 2. The summed E-state index contributed by atoms with van der Waals surface area (Å²) in [5, 5.41) is 8.44. The number of carbonyl (C=O) groups is 1. The molecule has 122 valence electrons. The van der Waals surface area contributed by atoms with Crippen molar-refractivity contribution < 1.29 is 4.79 Å². The van der Waals surface area contributed by atoms with Crippen LogP contribution in [0.3, 0.4) is 0 Å². The van der Waals surface area contributed by atoms with E-state index in [0.717, 1.165) is 16.8 Å². The van der Waals surface area contributed by atoms with Crippen LogP contribution in [0.25, 0.3) is 10.8 Å². The Hall–Kier alpha value is -2.81. The van der Waals surface area contributed by atoms with Gasteiger partial charge in [0.2, 0.25) is 5.91 Å². The largest absolute Gasteiger partial charge is 0.376 e. The number of carbonyl (C=O) groups excluding carboxylic acids is 1. The second kappa shape index (κ2) is 7.18. The van der Waals surface area contributed by atoms with Gasteiger partial charge in [-0.3, -0.25) is 4.79 Å². The third kappa shape index (κ3) is 3.93. The zero-order chi connectivity index (χ0) is 16.9. The fourth-order valence-corrected chi connectivity index (χ4v) is 2.64. The molecule has 3 heteroatoms. The molecule has 0 aliphatic carbocycles. The van der Waals surface area contributed by atoms with Crippen molar-refractivity contribution in [3.8, 4) is 0 Å². The SMILES string of the molecule is CC(C)c1ccc(NC(=O)CNc2ccc3ccccc3c2)cc1. The molecule has 0 spiro atoms. The van der Waals surface area contributed by atoms with Crippen LogP contribution in [0.4, 0.5) is 11.4 Å². The molecule has 3 rings (SSSR count). The first kappa shape index (κ1) is 16.1. The summed E-state index contributed by atoms with van der Waals surface area (Å²) in [6, 6.07) is 22.3. The van der Waals surface area contributed by atoms with E-state index < -0.39 is 0 Å². The lowest BCUT2D eigenvalue weighted by Crippen LogP contribution is -2.21. The van der Waals surface area contributed by atoms with Crippen LogP contribution in [0, 0.1) is 0 Å². The number of rotatable bonds is 5. The number of benzene rings is 3. The van der Waals surface area contributed by atoms with E-state index in [1.807, 2.05) is 30.3 Å². The Labute approximate surface area is 142 Å². The van der Waals surface area contributed by atoms with Gasteiger partial charge in [-0.2, -0.15) is 0 Å². The zero-order valence-electron chi connectivity index (χ0n) is 14.0. The molecule has 0 saturated carbocycles. The highest BCUT2D eigenvalue weighted by Crippen LogP contribution is 2.19. The van der Waals surface area contributed by atoms with Crippen molar-refractivity contribution in [1.29, 1.82) is 0 Å². The lowest BCUT2D eigenvalue weighted by Gasteiger charge is -2.10. The van der Waals surface area contributed by atoms with E-state index in [1.165, 1.54) is 10.9 Å². The van der Waals surface area contributed by atoms with Gasteiger partial charge in [-0.25, -0.2) is 0 Å². The highest BCUT2D eigenvalue weighted by Gasteiger charge is 2.04. The number of anilines is 2. The Morgan fingerprint density at radius 3 is 2.25 bits per heavy atom. The molecule has 0 aromatic heterocycles. The first-order valence-electron chi connectivity index (χ1n) is 8.24. The summed E-state index contributed by atoms with van der Waals surface area (Å²) in [4.78, 5) is 12.1. The molecule has 0 fully saturated rings. The summed E-state index contributed by atoms with van der Waals surface area (Å²) in [7, 11) is 0. The maximum absolute atomic E-state index is 12.1. The lowest BCUT2D eigenvalue weighted by molar-refractivity contribution is -0.114. The summed E-state index contributed by atoms with van der Waals surface area (Å²) < 4.78 is 0. The average Bonchev–Trinajstić information content (AvgIpc) is 2.60. The molecular formula is C21H22N2O. The molecule has 1 amide bonds. The van der Waals surface area contributed by atoms with Gasteiger partial charge in [0.1, 0.15) is 0 Å². The molecule has 0 aliphatic rings. The van der Waals surface area contributed by atoms with E-state index >= 15 is 0 Å². The molecule has 2 N–H and O–H groups in total. The van der Waals surface area contributed by atoms with Crippen molar-refractivity contribution in [2.24, 2.45) is 0 Å². The predicted molar refractivity (Wildman–Crippen MR) is 102 cm³/mol. The number of amides is 1. The molecule has 0 bridgehead atoms. The second-order valence-electron chi connectivity index (χ2n) is 6.24. The Kier molecular flexibility index (Phi) is 4.80. The monoisotopic (exact) mass is 318 g/mol. The Morgan fingerprint density at radius 1 is 0.875 bits per heavy atom. The molecule has 0 heterocycles. The van der Waals surface area contributed by atoms with E-state index in [4.69, 9.17) is 0 Å². The normalized spacial score (nSPS) is 10.8. The molecule has 0 saturated heterocycles. The van der Waals surface area contributed by atoms with E-state index in [-0.39, 0.29) is 12.5 Å². The van der Waals surface area contributed by atoms with E-state index in [9.17, 15) is 4.79 Å². The third-order valence-electron chi connectivity index (χ3n) is 4.06. The highest BCUT2D eigenvalue weighted by molar-refractivity contribution is 5.94.